The lowest BCUT2D eigenvalue weighted by molar-refractivity contribution is -0.129. The van der Waals surface area contributed by atoms with Crippen molar-refractivity contribution in [2.75, 3.05) is 5.32 Å². The van der Waals surface area contributed by atoms with Crippen LogP contribution in [-0.2, 0) is 16.1 Å². The van der Waals surface area contributed by atoms with Crippen molar-refractivity contribution in [3.8, 4) is 0 Å². The van der Waals surface area contributed by atoms with Crippen molar-refractivity contribution in [2.24, 2.45) is 4.99 Å². The van der Waals surface area contributed by atoms with Crippen LogP contribution in [0.15, 0.2) is 89.9 Å². The molecule has 31 heavy (non-hydrogen) atoms. The predicted molar refractivity (Wildman–Crippen MR) is 127 cm³/mol. The highest BCUT2D eigenvalue weighted by Gasteiger charge is 2.36. The Labute approximate surface area is 190 Å². The fraction of sp³-hybridized carbons (Fsp3) is 0.125. The lowest BCUT2D eigenvalue weighted by Gasteiger charge is -2.32. The Hall–Kier alpha value is -3.09. The van der Waals surface area contributed by atoms with Crippen LogP contribution >= 0.6 is 23.4 Å². The smallest absolute Gasteiger partial charge is 0.238 e. The van der Waals surface area contributed by atoms with Crippen LogP contribution in [0.4, 0.5) is 11.4 Å². The van der Waals surface area contributed by atoms with E-state index in [-0.39, 0.29) is 18.2 Å². The molecule has 3 aromatic rings. The number of amides is 2. The number of nitrogens with one attached hydrogen (secondary N) is 1. The summed E-state index contributed by atoms with van der Waals surface area (Å²) in [5, 5.41) is 3.43. The molecule has 0 aliphatic carbocycles. The summed E-state index contributed by atoms with van der Waals surface area (Å²) >= 11 is 7.28. The van der Waals surface area contributed by atoms with E-state index in [1.165, 1.54) is 11.8 Å². The van der Waals surface area contributed by atoms with E-state index in [0.717, 1.165) is 5.56 Å². The molecular weight excluding hydrogens is 430 g/mol. The van der Waals surface area contributed by atoms with Crippen LogP contribution in [0.1, 0.15) is 12.0 Å². The van der Waals surface area contributed by atoms with Gasteiger partial charge in [0.25, 0.3) is 0 Å². The summed E-state index contributed by atoms with van der Waals surface area (Å²) in [7, 11) is 0. The Bertz CT molecular complexity index is 1090. The van der Waals surface area contributed by atoms with Gasteiger partial charge in [-0.1, -0.05) is 71.9 Å². The van der Waals surface area contributed by atoms with E-state index < -0.39 is 5.25 Å². The molecule has 1 fully saturated rings. The number of amidine groups is 1. The number of anilines is 1. The van der Waals surface area contributed by atoms with Crippen LogP contribution in [-0.4, -0.2) is 27.1 Å². The standard InChI is InChI=1S/C24H20ClN3O2S/c25-18-11-13-20(14-12-18)27-24-28(16-17-7-3-1-4-8-17)22(29)15-21(31-24)23(30)26-19-9-5-2-6-10-19/h1-14,21H,15-16H2,(H,26,30). The lowest BCUT2D eigenvalue weighted by Crippen LogP contribution is -2.44. The first-order valence-electron chi connectivity index (χ1n) is 9.79. The molecule has 7 heteroatoms. The van der Waals surface area contributed by atoms with Crippen molar-refractivity contribution >= 4 is 51.7 Å². The van der Waals surface area contributed by atoms with E-state index in [4.69, 9.17) is 11.6 Å². The summed E-state index contributed by atoms with van der Waals surface area (Å²) in [5.41, 5.74) is 2.36. The highest BCUT2D eigenvalue weighted by Crippen LogP contribution is 2.31. The second kappa shape index (κ2) is 9.81. The fourth-order valence-electron chi connectivity index (χ4n) is 3.13. The Morgan fingerprint density at radius 3 is 2.32 bits per heavy atom. The number of halogens is 1. The number of hydrogen-bond donors (Lipinski definition) is 1. The van der Waals surface area contributed by atoms with E-state index >= 15 is 0 Å². The van der Waals surface area contributed by atoms with Gasteiger partial charge in [-0.15, -0.1) is 0 Å². The molecule has 1 aliphatic rings. The second-order valence-corrected chi connectivity index (χ2v) is 8.61. The number of benzene rings is 3. The maximum absolute atomic E-state index is 13.1. The van der Waals surface area contributed by atoms with E-state index in [0.29, 0.717) is 28.1 Å². The summed E-state index contributed by atoms with van der Waals surface area (Å²) in [4.78, 5) is 32.2. The quantitative estimate of drug-likeness (QED) is 0.559. The third kappa shape index (κ3) is 5.54. The minimum Gasteiger partial charge on any atom is -0.325 e. The Balaban J connectivity index is 1.60. The number of aliphatic imine (C=N–C) groups is 1. The van der Waals surface area contributed by atoms with Crippen LogP contribution in [0.3, 0.4) is 0 Å². The van der Waals surface area contributed by atoms with Crippen LogP contribution in [0.2, 0.25) is 5.02 Å². The van der Waals surface area contributed by atoms with Gasteiger partial charge >= 0.3 is 0 Å². The average molecular weight is 450 g/mol. The Morgan fingerprint density at radius 1 is 1.00 bits per heavy atom. The lowest BCUT2D eigenvalue weighted by atomic mass is 10.2. The van der Waals surface area contributed by atoms with E-state index in [1.807, 2.05) is 60.7 Å². The Morgan fingerprint density at radius 2 is 1.65 bits per heavy atom. The van der Waals surface area contributed by atoms with Crippen molar-refractivity contribution in [1.29, 1.82) is 0 Å². The molecule has 156 valence electrons. The number of hydrogen-bond acceptors (Lipinski definition) is 4. The van der Waals surface area contributed by atoms with Gasteiger partial charge in [0.15, 0.2) is 5.17 Å². The predicted octanol–water partition coefficient (Wildman–Crippen LogP) is 5.50. The molecular formula is C24H20ClN3O2S. The van der Waals surface area contributed by atoms with Crippen molar-refractivity contribution in [2.45, 2.75) is 18.2 Å². The van der Waals surface area contributed by atoms with Gasteiger partial charge in [-0.25, -0.2) is 4.99 Å². The summed E-state index contributed by atoms with van der Waals surface area (Å²) in [5.74, 6) is -0.351. The van der Waals surface area contributed by atoms with E-state index in [1.54, 1.807) is 29.2 Å². The zero-order chi connectivity index (χ0) is 21.6. The largest absolute Gasteiger partial charge is 0.325 e. The minimum atomic E-state index is -0.564. The summed E-state index contributed by atoms with van der Waals surface area (Å²) in [6.45, 7) is 0.395. The molecule has 1 heterocycles. The van der Waals surface area contributed by atoms with Gasteiger partial charge < -0.3 is 5.32 Å². The molecule has 2 amide bonds. The zero-order valence-electron chi connectivity index (χ0n) is 16.6. The molecule has 1 N–H and O–H groups in total. The molecule has 0 radical (unpaired) electrons. The number of para-hydroxylation sites is 1. The molecule has 1 unspecified atom stereocenters. The molecule has 0 aromatic heterocycles. The first-order valence-corrected chi connectivity index (χ1v) is 11.1. The maximum atomic E-state index is 13.1. The average Bonchev–Trinajstić information content (AvgIpc) is 2.79. The molecule has 1 saturated heterocycles. The normalized spacial score (nSPS) is 17.6. The van der Waals surface area contributed by atoms with Crippen LogP contribution in [0, 0.1) is 0 Å². The number of carbonyl (C=O) groups excluding carboxylic acids is 2. The molecule has 4 rings (SSSR count). The van der Waals surface area contributed by atoms with Gasteiger partial charge in [-0.2, -0.15) is 0 Å². The molecule has 0 saturated carbocycles. The van der Waals surface area contributed by atoms with E-state index in [2.05, 4.69) is 10.3 Å². The summed E-state index contributed by atoms with van der Waals surface area (Å²) < 4.78 is 0. The third-order valence-corrected chi connectivity index (χ3v) is 6.15. The van der Waals surface area contributed by atoms with Crippen LogP contribution in [0.25, 0.3) is 0 Å². The fourth-order valence-corrected chi connectivity index (χ4v) is 4.36. The zero-order valence-corrected chi connectivity index (χ0v) is 18.1. The minimum absolute atomic E-state index is 0.107. The van der Waals surface area contributed by atoms with Gasteiger partial charge in [-0.3, -0.25) is 14.5 Å². The monoisotopic (exact) mass is 449 g/mol. The van der Waals surface area contributed by atoms with Crippen molar-refractivity contribution in [3.63, 3.8) is 0 Å². The van der Waals surface area contributed by atoms with Gasteiger partial charge in [0, 0.05) is 17.1 Å². The topological polar surface area (TPSA) is 61.8 Å². The maximum Gasteiger partial charge on any atom is 0.238 e. The summed E-state index contributed by atoms with van der Waals surface area (Å²) in [6.07, 6.45) is 0.107. The first kappa shape index (κ1) is 21.2. The second-order valence-electron chi connectivity index (χ2n) is 7.00. The third-order valence-electron chi connectivity index (χ3n) is 4.71. The van der Waals surface area contributed by atoms with Crippen LogP contribution < -0.4 is 5.32 Å². The highest BCUT2D eigenvalue weighted by molar-refractivity contribution is 8.15. The Kier molecular flexibility index (Phi) is 6.70. The van der Waals surface area contributed by atoms with E-state index in [9.17, 15) is 9.59 Å². The van der Waals surface area contributed by atoms with Gasteiger partial charge in [0.05, 0.1) is 12.2 Å². The van der Waals surface area contributed by atoms with Gasteiger partial charge in [0.2, 0.25) is 11.8 Å². The number of rotatable bonds is 5. The molecule has 1 atom stereocenters. The molecule has 1 aliphatic heterocycles. The molecule has 0 bridgehead atoms. The number of carbonyl (C=O) groups is 2. The SMILES string of the molecule is O=C(Nc1ccccc1)C1CC(=O)N(Cc2ccccc2)C(=Nc2ccc(Cl)cc2)S1. The molecule has 0 spiro atoms. The van der Waals surface area contributed by atoms with Crippen molar-refractivity contribution < 1.29 is 9.59 Å². The van der Waals surface area contributed by atoms with Crippen LogP contribution in [0.5, 0.6) is 0 Å². The first-order chi connectivity index (χ1) is 15.1. The van der Waals surface area contributed by atoms with Crippen molar-refractivity contribution in [3.05, 3.63) is 95.5 Å². The molecule has 3 aromatic carbocycles. The summed E-state index contributed by atoms with van der Waals surface area (Å²) in [6, 6.07) is 26.0. The van der Waals surface area contributed by atoms with Crippen molar-refractivity contribution in [1.82, 2.24) is 4.90 Å². The van der Waals surface area contributed by atoms with Gasteiger partial charge in [0.1, 0.15) is 5.25 Å². The molecule has 5 nitrogen and oxygen atoms in total. The number of nitrogens with zero attached hydrogens (tertiary/aromatic N) is 2. The highest BCUT2D eigenvalue weighted by atomic mass is 35.5. The number of thioether (sulfide) groups is 1. The van der Waals surface area contributed by atoms with Gasteiger partial charge in [-0.05, 0) is 42.0 Å².